The summed E-state index contributed by atoms with van der Waals surface area (Å²) in [5.41, 5.74) is 11.6. The van der Waals surface area contributed by atoms with Crippen molar-refractivity contribution >= 4 is 16.9 Å². The number of nitrogens with one attached hydrogen (secondary N) is 1. The number of rotatable bonds is 1. The summed E-state index contributed by atoms with van der Waals surface area (Å²) >= 11 is 0. The lowest BCUT2D eigenvalue weighted by Crippen LogP contribution is -1.94. The molecule has 0 unspecified atom stereocenters. The van der Waals surface area contributed by atoms with Crippen LogP contribution in [0.25, 0.3) is 22.6 Å². The second-order valence-corrected chi connectivity index (χ2v) is 4.51. The quantitative estimate of drug-likeness (QED) is 0.640. The van der Waals surface area contributed by atoms with Gasteiger partial charge in [-0.05, 0) is 37.1 Å². The molecule has 0 saturated carbocycles. The molecule has 4 heteroatoms. The van der Waals surface area contributed by atoms with Gasteiger partial charge in [0.1, 0.15) is 5.82 Å². The lowest BCUT2D eigenvalue weighted by atomic mass is 10.1. The maximum Gasteiger partial charge on any atom is 0.178 e. The van der Waals surface area contributed by atoms with Gasteiger partial charge in [-0.3, -0.25) is 0 Å². The van der Waals surface area contributed by atoms with Crippen molar-refractivity contribution in [3.63, 3.8) is 0 Å². The topological polar surface area (TPSA) is 67.6 Å². The van der Waals surface area contributed by atoms with E-state index in [4.69, 9.17) is 5.73 Å². The molecule has 0 saturated heterocycles. The molecule has 0 spiro atoms. The molecule has 90 valence electrons. The molecule has 0 fully saturated rings. The predicted octanol–water partition coefficient (Wildman–Crippen LogP) is 2.82. The van der Waals surface area contributed by atoms with Crippen LogP contribution in [-0.4, -0.2) is 15.0 Å². The van der Waals surface area contributed by atoms with E-state index < -0.39 is 0 Å². The fourth-order valence-electron chi connectivity index (χ4n) is 2.02. The Bertz CT molecular complexity index is 728. The molecule has 2 heterocycles. The minimum Gasteiger partial charge on any atom is -0.398 e. The Morgan fingerprint density at radius 1 is 1.22 bits per heavy atom. The number of nitrogens with zero attached hydrogens (tertiary/aromatic N) is 2. The van der Waals surface area contributed by atoms with Gasteiger partial charge < -0.3 is 10.7 Å². The molecule has 4 nitrogen and oxygen atoms in total. The van der Waals surface area contributed by atoms with E-state index in [9.17, 15) is 0 Å². The third kappa shape index (κ3) is 1.62. The lowest BCUT2D eigenvalue weighted by Gasteiger charge is -2.04. The number of aromatic amines is 1. The third-order valence-corrected chi connectivity index (χ3v) is 3.05. The number of hydrogen-bond donors (Lipinski definition) is 2. The minimum atomic E-state index is 0.719. The Kier molecular flexibility index (Phi) is 2.30. The molecule has 0 amide bonds. The highest BCUT2D eigenvalue weighted by Crippen LogP contribution is 2.27. The number of nitrogen functional groups attached to an aromatic ring is 1. The first kappa shape index (κ1) is 10.8. The van der Waals surface area contributed by atoms with Gasteiger partial charge in [0.25, 0.3) is 0 Å². The monoisotopic (exact) mass is 238 g/mol. The zero-order valence-electron chi connectivity index (χ0n) is 10.4. The summed E-state index contributed by atoms with van der Waals surface area (Å²) in [6.07, 6.45) is 1.81. The number of nitrogens with two attached hydrogens (primary N) is 1. The number of benzene rings is 1. The molecule has 0 aliphatic rings. The average molecular weight is 238 g/mol. The van der Waals surface area contributed by atoms with E-state index in [2.05, 4.69) is 15.0 Å². The van der Waals surface area contributed by atoms with Gasteiger partial charge in [0, 0.05) is 17.4 Å². The van der Waals surface area contributed by atoms with Crippen molar-refractivity contribution in [1.82, 2.24) is 15.0 Å². The Morgan fingerprint density at radius 3 is 2.89 bits per heavy atom. The first-order valence-electron chi connectivity index (χ1n) is 5.83. The van der Waals surface area contributed by atoms with Gasteiger partial charge in [-0.15, -0.1) is 0 Å². The maximum absolute atomic E-state index is 6.09. The first-order chi connectivity index (χ1) is 8.65. The fourth-order valence-corrected chi connectivity index (χ4v) is 2.02. The maximum atomic E-state index is 6.09. The second kappa shape index (κ2) is 3.84. The van der Waals surface area contributed by atoms with E-state index in [1.54, 1.807) is 0 Å². The molecule has 1 aromatic carbocycles. The highest BCUT2D eigenvalue weighted by atomic mass is 15.0. The van der Waals surface area contributed by atoms with Crippen molar-refractivity contribution in [2.75, 3.05) is 5.73 Å². The number of anilines is 1. The van der Waals surface area contributed by atoms with Gasteiger partial charge in [0.15, 0.2) is 5.65 Å². The molecular formula is C14H14N4. The number of imidazole rings is 1. The number of aryl methyl sites for hydroxylation is 2. The van der Waals surface area contributed by atoms with Crippen LogP contribution in [0.3, 0.4) is 0 Å². The SMILES string of the molecule is Cc1cnc2nc(-c3cccc(C)c3N)[nH]c2c1. The van der Waals surface area contributed by atoms with Crippen LogP contribution >= 0.6 is 0 Å². The second-order valence-electron chi connectivity index (χ2n) is 4.51. The van der Waals surface area contributed by atoms with Crippen molar-refractivity contribution in [1.29, 1.82) is 0 Å². The van der Waals surface area contributed by atoms with Crippen LogP contribution in [0, 0.1) is 13.8 Å². The van der Waals surface area contributed by atoms with Gasteiger partial charge >= 0.3 is 0 Å². The van der Waals surface area contributed by atoms with Gasteiger partial charge in [-0.1, -0.05) is 12.1 Å². The van der Waals surface area contributed by atoms with Crippen molar-refractivity contribution in [3.8, 4) is 11.4 Å². The zero-order valence-corrected chi connectivity index (χ0v) is 10.4. The van der Waals surface area contributed by atoms with Crippen LogP contribution < -0.4 is 5.73 Å². The number of aromatic nitrogens is 3. The number of fused-ring (bicyclic) bond motifs is 1. The highest BCUT2D eigenvalue weighted by Gasteiger charge is 2.10. The van der Waals surface area contributed by atoms with Crippen molar-refractivity contribution in [3.05, 3.63) is 41.6 Å². The molecule has 0 bridgehead atoms. The van der Waals surface area contributed by atoms with Crippen molar-refractivity contribution in [2.45, 2.75) is 13.8 Å². The molecule has 0 radical (unpaired) electrons. The minimum absolute atomic E-state index is 0.719. The number of H-pyrrole nitrogens is 1. The summed E-state index contributed by atoms with van der Waals surface area (Å²) < 4.78 is 0. The van der Waals surface area contributed by atoms with Crippen molar-refractivity contribution in [2.24, 2.45) is 0 Å². The van der Waals surface area contributed by atoms with Crippen LogP contribution in [-0.2, 0) is 0 Å². The number of para-hydroxylation sites is 1. The van der Waals surface area contributed by atoms with E-state index in [-0.39, 0.29) is 0 Å². The standard InChI is InChI=1S/C14H14N4/c1-8-6-11-14(16-7-8)18-13(17-11)10-5-3-4-9(2)12(10)15/h3-7H,15H2,1-2H3,(H,16,17,18). The Morgan fingerprint density at radius 2 is 2.06 bits per heavy atom. The zero-order chi connectivity index (χ0) is 12.7. The molecule has 3 aromatic rings. The van der Waals surface area contributed by atoms with E-state index in [0.29, 0.717) is 0 Å². The average Bonchev–Trinajstić information content (AvgIpc) is 2.75. The van der Waals surface area contributed by atoms with Crippen molar-refractivity contribution < 1.29 is 0 Å². The first-order valence-corrected chi connectivity index (χ1v) is 5.83. The summed E-state index contributed by atoms with van der Waals surface area (Å²) in [4.78, 5) is 12.0. The van der Waals surface area contributed by atoms with Crippen LogP contribution in [0.1, 0.15) is 11.1 Å². The van der Waals surface area contributed by atoms with Crippen LogP contribution in [0.4, 0.5) is 5.69 Å². The summed E-state index contributed by atoms with van der Waals surface area (Å²) in [6, 6.07) is 7.97. The largest absolute Gasteiger partial charge is 0.398 e. The number of hydrogen-bond acceptors (Lipinski definition) is 3. The summed E-state index contributed by atoms with van der Waals surface area (Å²) in [5.74, 6) is 0.768. The Balaban J connectivity index is 2.22. The van der Waals surface area contributed by atoms with E-state index >= 15 is 0 Å². The van der Waals surface area contributed by atoms with E-state index in [1.807, 2.05) is 44.3 Å². The van der Waals surface area contributed by atoms with Crippen LogP contribution in [0.2, 0.25) is 0 Å². The Labute approximate surface area is 105 Å². The van der Waals surface area contributed by atoms with Gasteiger partial charge in [0.2, 0.25) is 0 Å². The molecular weight excluding hydrogens is 224 g/mol. The smallest absolute Gasteiger partial charge is 0.178 e. The highest BCUT2D eigenvalue weighted by molar-refractivity contribution is 5.81. The van der Waals surface area contributed by atoms with E-state index in [0.717, 1.165) is 39.4 Å². The molecule has 0 atom stereocenters. The molecule has 0 aliphatic carbocycles. The van der Waals surface area contributed by atoms with Crippen LogP contribution in [0.5, 0.6) is 0 Å². The van der Waals surface area contributed by atoms with Crippen LogP contribution in [0.15, 0.2) is 30.5 Å². The lowest BCUT2D eigenvalue weighted by molar-refractivity contribution is 1.28. The van der Waals surface area contributed by atoms with Gasteiger partial charge in [-0.2, -0.15) is 0 Å². The molecule has 0 aliphatic heterocycles. The predicted molar refractivity (Wildman–Crippen MR) is 73.2 cm³/mol. The molecule has 3 rings (SSSR count). The molecule has 18 heavy (non-hydrogen) atoms. The number of pyridine rings is 1. The molecule has 3 N–H and O–H groups in total. The molecule has 2 aromatic heterocycles. The summed E-state index contributed by atoms with van der Waals surface area (Å²) in [6.45, 7) is 4.00. The van der Waals surface area contributed by atoms with Gasteiger partial charge in [-0.25, -0.2) is 9.97 Å². The summed E-state index contributed by atoms with van der Waals surface area (Å²) in [7, 11) is 0. The fraction of sp³-hybridized carbons (Fsp3) is 0.143. The summed E-state index contributed by atoms with van der Waals surface area (Å²) in [5, 5.41) is 0. The third-order valence-electron chi connectivity index (χ3n) is 3.05. The normalized spacial score (nSPS) is 11.0. The van der Waals surface area contributed by atoms with E-state index in [1.165, 1.54) is 0 Å². The Hall–Kier alpha value is -2.36. The van der Waals surface area contributed by atoms with Gasteiger partial charge in [0.05, 0.1) is 5.52 Å².